The number of aryl methyl sites for hydroxylation is 1. The standard InChI is InChI=1S/C14H19NO2/c1-10(17-2)14(16)15-13-9-5-7-11-6-3-4-8-12(11)13/h3-4,6,8,10,13H,5,7,9H2,1-2H3,(H,15,16). The van der Waals surface area contributed by atoms with Crippen molar-refractivity contribution in [3.8, 4) is 0 Å². The maximum Gasteiger partial charge on any atom is 0.249 e. The third-order valence-corrected chi connectivity index (χ3v) is 3.41. The Hall–Kier alpha value is -1.35. The van der Waals surface area contributed by atoms with Crippen molar-refractivity contribution in [2.75, 3.05) is 7.11 Å². The molecule has 17 heavy (non-hydrogen) atoms. The van der Waals surface area contributed by atoms with Crippen molar-refractivity contribution in [2.45, 2.75) is 38.3 Å². The van der Waals surface area contributed by atoms with Gasteiger partial charge in [0, 0.05) is 7.11 Å². The maximum atomic E-state index is 11.8. The lowest BCUT2D eigenvalue weighted by molar-refractivity contribution is -0.130. The van der Waals surface area contributed by atoms with Crippen LogP contribution in [0.4, 0.5) is 0 Å². The highest BCUT2D eigenvalue weighted by Crippen LogP contribution is 2.29. The molecule has 0 radical (unpaired) electrons. The molecule has 1 amide bonds. The molecule has 1 aliphatic rings. The second-order valence-corrected chi connectivity index (χ2v) is 4.53. The molecule has 3 heteroatoms. The highest BCUT2D eigenvalue weighted by atomic mass is 16.5. The van der Waals surface area contributed by atoms with Gasteiger partial charge in [-0.25, -0.2) is 0 Å². The quantitative estimate of drug-likeness (QED) is 0.869. The Labute approximate surface area is 102 Å². The average Bonchev–Trinajstić information content (AvgIpc) is 2.38. The molecule has 0 fully saturated rings. The van der Waals surface area contributed by atoms with Crippen LogP contribution in [0.15, 0.2) is 24.3 Å². The normalized spacial score (nSPS) is 20.5. The molecule has 2 atom stereocenters. The molecule has 0 heterocycles. The molecule has 0 saturated heterocycles. The summed E-state index contributed by atoms with van der Waals surface area (Å²) >= 11 is 0. The molecule has 0 bridgehead atoms. The van der Waals surface area contributed by atoms with E-state index < -0.39 is 0 Å². The van der Waals surface area contributed by atoms with Crippen LogP contribution in [0.2, 0.25) is 0 Å². The van der Waals surface area contributed by atoms with Gasteiger partial charge in [0.15, 0.2) is 0 Å². The first kappa shape index (κ1) is 12.1. The summed E-state index contributed by atoms with van der Waals surface area (Å²) in [5, 5.41) is 3.06. The van der Waals surface area contributed by atoms with Gasteiger partial charge in [0.1, 0.15) is 6.10 Å². The molecule has 0 saturated carbocycles. The Kier molecular flexibility index (Phi) is 3.79. The second kappa shape index (κ2) is 5.32. The zero-order valence-corrected chi connectivity index (χ0v) is 10.4. The van der Waals surface area contributed by atoms with Crippen LogP contribution in [-0.4, -0.2) is 19.1 Å². The minimum absolute atomic E-state index is 0.0331. The van der Waals surface area contributed by atoms with Crippen molar-refractivity contribution in [2.24, 2.45) is 0 Å². The monoisotopic (exact) mass is 233 g/mol. The van der Waals surface area contributed by atoms with E-state index in [4.69, 9.17) is 4.74 Å². The van der Waals surface area contributed by atoms with E-state index in [1.165, 1.54) is 11.1 Å². The van der Waals surface area contributed by atoms with Crippen LogP contribution in [0.1, 0.15) is 36.9 Å². The summed E-state index contributed by atoms with van der Waals surface area (Å²) in [4.78, 5) is 11.8. The lowest BCUT2D eigenvalue weighted by Gasteiger charge is -2.27. The fraction of sp³-hybridized carbons (Fsp3) is 0.500. The van der Waals surface area contributed by atoms with Gasteiger partial charge in [-0.05, 0) is 37.3 Å². The first-order chi connectivity index (χ1) is 8.22. The van der Waals surface area contributed by atoms with E-state index >= 15 is 0 Å². The number of fused-ring (bicyclic) bond motifs is 1. The van der Waals surface area contributed by atoms with Gasteiger partial charge in [0.2, 0.25) is 5.91 Å². The van der Waals surface area contributed by atoms with Crippen LogP contribution in [0, 0.1) is 0 Å². The predicted octanol–water partition coefficient (Wildman–Crippen LogP) is 2.22. The molecule has 2 unspecified atom stereocenters. The number of ether oxygens (including phenoxy) is 1. The largest absolute Gasteiger partial charge is 0.372 e. The van der Waals surface area contributed by atoms with E-state index in [-0.39, 0.29) is 18.1 Å². The van der Waals surface area contributed by atoms with Crippen LogP contribution >= 0.6 is 0 Å². The molecule has 0 spiro atoms. The van der Waals surface area contributed by atoms with Gasteiger partial charge < -0.3 is 10.1 Å². The lowest BCUT2D eigenvalue weighted by Crippen LogP contribution is -2.37. The first-order valence-electron chi connectivity index (χ1n) is 6.13. The van der Waals surface area contributed by atoms with E-state index in [0.29, 0.717) is 0 Å². The molecule has 0 aromatic heterocycles. The Morgan fingerprint density at radius 2 is 2.24 bits per heavy atom. The second-order valence-electron chi connectivity index (χ2n) is 4.53. The number of amides is 1. The summed E-state index contributed by atoms with van der Waals surface area (Å²) in [5.74, 6) is -0.0331. The third kappa shape index (κ3) is 2.67. The van der Waals surface area contributed by atoms with Gasteiger partial charge in [-0.2, -0.15) is 0 Å². The topological polar surface area (TPSA) is 38.3 Å². The van der Waals surface area contributed by atoms with Gasteiger partial charge in [-0.1, -0.05) is 24.3 Å². The fourth-order valence-electron chi connectivity index (χ4n) is 2.30. The molecule has 1 aliphatic carbocycles. The zero-order valence-electron chi connectivity index (χ0n) is 10.4. The minimum Gasteiger partial charge on any atom is -0.372 e. The van der Waals surface area contributed by atoms with Crippen LogP contribution in [0.3, 0.4) is 0 Å². The molecule has 92 valence electrons. The Balaban J connectivity index is 2.11. The molecule has 3 nitrogen and oxygen atoms in total. The number of carbonyl (C=O) groups is 1. The van der Waals surface area contributed by atoms with Crippen LogP contribution in [-0.2, 0) is 16.0 Å². The summed E-state index contributed by atoms with van der Waals surface area (Å²) < 4.78 is 5.03. The summed E-state index contributed by atoms with van der Waals surface area (Å²) in [6.07, 6.45) is 2.87. The summed E-state index contributed by atoms with van der Waals surface area (Å²) in [7, 11) is 1.55. The summed E-state index contributed by atoms with van der Waals surface area (Å²) in [5.41, 5.74) is 2.62. The van der Waals surface area contributed by atoms with Crippen molar-refractivity contribution in [3.05, 3.63) is 35.4 Å². The van der Waals surface area contributed by atoms with Crippen molar-refractivity contribution in [3.63, 3.8) is 0 Å². The van der Waals surface area contributed by atoms with Gasteiger partial charge in [-0.15, -0.1) is 0 Å². The molecular weight excluding hydrogens is 214 g/mol. The number of methoxy groups -OCH3 is 1. The van der Waals surface area contributed by atoms with E-state index in [1.807, 2.05) is 6.07 Å². The Morgan fingerprint density at radius 3 is 3.00 bits per heavy atom. The zero-order chi connectivity index (χ0) is 12.3. The van der Waals surface area contributed by atoms with Crippen LogP contribution < -0.4 is 5.32 Å². The van der Waals surface area contributed by atoms with E-state index in [1.54, 1.807) is 14.0 Å². The number of benzene rings is 1. The van der Waals surface area contributed by atoms with Gasteiger partial charge in [0.25, 0.3) is 0 Å². The molecule has 1 aromatic carbocycles. The minimum atomic E-state index is -0.385. The van der Waals surface area contributed by atoms with Crippen LogP contribution in [0.5, 0.6) is 0 Å². The van der Waals surface area contributed by atoms with Crippen molar-refractivity contribution in [1.29, 1.82) is 0 Å². The molecular formula is C14H19NO2. The lowest BCUT2D eigenvalue weighted by atomic mass is 9.87. The van der Waals surface area contributed by atoms with E-state index in [9.17, 15) is 4.79 Å². The van der Waals surface area contributed by atoms with Crippen molar-refractivity contribution in [1.82, 2.24) is 5.32 Å². The number of nitrogens with one attached hydrogen (secondary N) is 1. The predicted molar refractivity (Wildman–Crippen MR) is 66.7 cm³/mol. The highest BCUT2D eigenvalue weighted by Gasteiger charge is 2.23. The van der Waals surface area contributed by atoms with E-state index in [2.05, 4.69) is 23.5 Å². The summed E-state index contributed by atoms with van der Waals surface area (Å²) in [6.45, 7) is 1.77. The van der Waals surface area contributed by atoms with Crippen LogP contribution in [0.25, 0.3) is 0 Å². The van der Waals surface area contributed by atoms with Crippen molar-refractivity contribution < 1.29 is 9.53 Å². The average molecular weight is 233 g/mol. The van der Waals surface area contributed by atoms with Crippen molar-refractivity contribution >= 4 is 5.91 Å². The number of hydrogen-bond donors (Lipinski definition) is 1. The molecule has 0 aliphatic heterocycles. The summed E-state index contributed by atoms with van der Waals surface area (Å²) in [6, 6.07) is 8.49. The maximum absolute atomic E-state index is 11.8. The molecule has 1 N–H and O–H groups in total. The molecule has 2 rings (SSSR count). The van der Waals surface area contributed by atoms with Gasteiger partial charge in [-0.3, -0.25) is 4.79 Å². The molecule has 1 aromatic rings. The first-order valence-corrected chi connectivity index (χ1v) is 6.13. The van der Waals surface area contributed by atoms with Gasteiger partial charge >= 0.3 is 0 Å². The smallest absolute Gasteiger partial charge is 0.249 e. The van der Waals surface area contributed by atoms with E-state index in [0.717, 1.165) is 19.3 Å². The Bertz CT molecular complexity index is 403. The number of hydrogen-bond acceptors (Lipinski definition) is 2. The third-order valence-electron chi connectivity index (χ3n) is 3.41. The fourth-order valence-corrected chi connectivity index (χ4v) is 2.30. The number of carbonyl (C=O) groups excluding carboxylic acids is 1. The Morgan fingerprint density at radius 1 is 1.47 bits per heavy atom. The highest BCUT2D eigenvalue weighted by molar-refractivity contribution is 5.80. The number of rotatable bonds is 3. The van der Waals surface area contributed by atoms with Gasteiger partial charge in [0.05, 0.1) is 6.04 Å². The SMILES string of the molecule is COC(C)C(=O)NC1CCCc2ccccc21.